The number of aliphatic hydroxyl groups excluding tert-OH is 1. The van der Waals surface area contributed by atoms with E-state index in [1.807, 2.05) is 0 Å². The number of aryl methyl sites for hydroxylation is 1. The number of amides is 1. The average Bonchev–Trinajstić information content (AvgIpc) is 3.50. The van der Waals surface area contributed by atoms with Gasteiger partial charge >= 0.3 is 0 Å². The number of rotatable bonds is 3. The summed E-state index contributed by atoms with van der Waals surface area (Å²) in [5.74, 6) is -1.64. The van der Waals surface area contributed by atoms with Crippen LogP contribution in [0.4, 0.5) is 8.78 Å². The van der Waals surface area contributed by atoms with Gasteiger partial charge in [0.05, 0.1) is 28.1 Å². The van der Waals surface area contributed by atoms with E-state index in [9.17, 15) is 18.7 Å². The molecule has 0 radical (unpaired) electrons. The summed E-state index contributed by atoms with van der Waals surface area (Å²) in [6, 6.07) is 6.03. The van der Waals surface area contributed by atoms with Crippen LogP contribution in [0.5, 0.6) is 0 Å². The van der Waals surface area contributed by atoms with Crippen LogP contribution in [0, 0.1) is 18.6 Å². The summed E-state index contributed by atoms with van der Waals surface area (Å²) < 4.78 is 29.2. The quantitative estimate of drug-likeness (QED) is 0.505. The highest BCUT2D eigenvalue weighted by Gasteiger charge is 2.28. The second kappa shape index (κ2) is 7.43. The van der Waals surface area contributed by atoms with Gasteiger partial charge in [-0.3, -0.25) is 9.89 Å². The number of hydrogen-bond donors (Lipinski definition) is 2. The first-order valence-electron chi connectivity index (χ1n) is 9.53. The molecule has 0 saturated carbocycles. The molecule has 0 spiro atoms. The molecule has 8 nitrogen and oxygen atoms in total. The molecule has 2 N–H and O–H groups in total. The second-order valence-corrected chi connectivity index (χ2v) is 8.29. The van der Waals surface area contributed by atoms with Crippen LogP contribution in [0.25, 0.3) is 32.9 Å². The highest BCUT2D eigenvalue weighted by molar-refractivity contribution is 7.17. The summed E-state index contributed by atoms with van der Waals surface area (Å²) in [5, 5.41) is 19.4. The predicted octanol–water partition coefficient (Wildman–Crippen LogP) is 2.94. The number of benzene rings is 1. The molecule has 0 bridgehead atoms. The fourth-order valence-corrected chi connectivity index (χ4v) is 4.63. The highest BCUT2D eigenvalue weighted by Crippen LogP contribution is 2.33. The Labute approximate surface area is 178 Å². The van der Waals surface area contributed by atoms with Gasteiger partial charge in [-0.15, -0.1) is 16.4 Å². The van der Waals surface area contributed by atoms with E-state index in [1.165, 1.54) is 11.3 Å². The van der Waals surface area contributed by atoms with Gasteiger partial charge in [0, 0.05) is 18.7 Å². The van der Waals surface area contributed by atoms with E-state index in [0.717, 1.165) is 6.07 Å². The fourth-order valence-electron chi connectivity index (χ4n) is 3.62. The third-order valence-corrected chi connectivity index (χ3v) is 6.36. The number of aliphatic hydroxyl groups is 1. The molecule has 4 aromatic rings. The maximum absolute atomic E-state index is 14.9. The zero-order valence-electron chi connectivity index (χ0n) is 16.3. The third-order valence-electron chi connectivity index (χ3n) is 5.19. The van der Waals surface area contributed by atoms with Crippen molar-refractivity contribution in [3.05, 3.63) is 46.6 Å². The number of hydrogen-bond acceptors (Lipinski definition) is 7. The normalized spacial score (nSPS) is 16.4. The minimum absolute atomic E-state index is 0.0368. The lowest BCUT2D eigenvalue weighted by Crippen LogP contribution is -2.29. The van der Waals surface area contributed by atoms with E-state index in [1.54, 1.807) is 30.0 Å². The molecule has 1 aliphatic heterocycles. The first-order chi connectivity index (χ1) is 14.9. The standard InChI is InChI=1S/C20H16F2N6O2S/c1-9-18(31-19(23-9)20(30)28-6-5-10(29)8-28)14-4-2-3-13(24-14)11-7-12(21)16-17(15(11)22)26-27-25-16/h2-4,7,10,29H,5-6,8H2,1H3,(H,25,26,27). The summed E-state index contributed by atoms with van der Waals surface area (Å²) in [7, 11) is 0. The van der Waals surface area contributed by atoms with Crippen molar-refractivity contribution in [2.24, 2.45) is 0 Å². The number of nitrogens with zero attached hydrogens (tertiary/aromatic N) is 5. The summed E-state index contributed by atoms with van der Waals surface area (Å²) in [6.07, 6.45) is 0.0324. The van der Waals surface area contributed by atoms with Gasteiger partial charge < -0.3 is 10.0 Å². The molecule has 1 unspecified atom stereocenters. The molecule has 1 saturated heterocycles. The predicted molar refractivity (Wildman–Crippen MR) is 109 cm³/mol. The maximum Gasteiger partial charge on any atom is 0.282 e. The van der Waals surface area contributed by atoms with Crippen molar-refractivity contribution in [3.8, 4) is 21.8 Å². The van der Waals surface area contributed by atoms with Crippen LogP contribution in [0.1, 0.15) is 21.9 Å². The van der Waals surface area contributed by atoms with E-state index in [2.05, 4.69) is 25.4 Å². The average molecular weight is 442 g/mol. The maximum atomic E-state index is 14.9. The second-order valence-electron chi connectivity index (χ2n) is 7.29. The van der Waals surface area contributed by atoms with Crippen molar-refractivity contribution in [3.63, 3.8) is 0 Å². The zero-order valence-corrected chi connectivity index (χ0v) is 17.1. The Morgan fingerprint density at radius 1 is 1.29 bits per heavy atom. The number of thiazole rings is 1. The van der Waals surface area contributed by atoms with Crippen LogP contribution in [-0.4, -0.2) is 60.5 Å². The molecule has 4 heterocycles. The summed E-state index contributed by atoms with van der Waals surface area (Å²) >= 11 is 1.18. The number of carbonyl (C=O) groups excluding carboxylic acids is 1. The van der Waals surface area contributed by atoms with Crippen molar-refractivity contribution in [2.75, 3.05) is 13.1 Å². The van der Waals surface area contributed by atoms with Gasteiger partial charge in [0.2, 0.25) is 0 Å². The summed E-state index contributed by atoms with van der Waals surface area (Å²) in [5.41, 5.74) is 0.986. The van der Waals surface area contributed by atoms with Crippen molar-refractivity contribution in [2.45, 2.75) is 19.4 Å². The largest absolute Gasteiger partial charge is 0.391 e. The van der Waals surface area contributed by atoms with Crippen LogP contribution in [0.15, 0.2) is 24.3 Å². The van der Waals surface area contributed by atoms with E-state index in [0.29, 0.717) is 34.2 Å². The van der Waals surface area contributed by atoms with E-state index < -0.39 is 17.7 Å². The molecular weight excluding hydrogens is 426 g/mol. The highest BCUT2D eigenvalue weighted by atomic mass is 32.1. The monoisotopic (exact) mass is 442 g/mol. The Kier molecular flexibility index (Phi) is 4.71. The Morgan fingerprint density at radius 2 is 2.10 bits per heavy atom. The molecule has 5 rings (SSSR count). The molecule has 11 heteroatoms. The SMILES string of the molecule is Cc1nc(C(=O)N2CCC(O)C2)sc1-c1cccc(-c2cc(F)c3[nH]nnc3c2F)n1. The number of carbonyl (C=O) groups is 1. The Bertz CT molecular complexity index is 1320. The first-order valence-corrected chi connectivity index (χ1v) is 10.4. The molecule has 1 aliphatic rings. The Morgan fingerprint density at radius 3 is 2.87 bits per heavy atom. The lowest BCUT2D eigenvalue weighted by Gasteiger charge is -2.12. The van der Waals surface area contributed by atoms with Crippen molar-refractivity contribution < 1.29 is 18.7 Å². The lowest BCUT2D eigenvalue weighted by atomic mass is 10.1. The van der Waals surface area contributed by atoms with Crippen LogP contribution in [0.3, 0.4) is 0 Å². The van der Waals surface area contributed by atoms with Gasteiger partial charge in [-0.25, -0.2) is 18.7 Å². The molecule has 158 valence electrons. The minimum atomic E-state index is -0.723. The molecule has 1 atom stereocenters. The van der Waals surface area contributed by atoms with Crippen LogP contribution >= 0.6 is 11.3 Å². The molecule has 1 amide bonds. The summed E-state index contributed by atoms with van der Waals surface area (Å²) in [4.78, 5) is 23.8. The molecule has 0 aliphatic carbocycles. The van der Waals surface area contributed by atoms with E-state index in [4.69, 9.17) is 0 Å². The van der Waals surface area contributed by atoms with Gasteiger partial charge in [-0.1, -0.05) is 11.3 Å². The van der Waals surface area contributed by atoms with Crippen molar-refractivity contribution in [1.29, 1.82) is 0 Å². The minimum Gasteiger partial charge on any atom is -0.391 e. The van der Waals surface area contributed by atoms with Crippen LogP contribution in [0.2, 0.25) is 0 Å². The smallest absolute Gasteiger partial charge is 0.282 e. The summed E-state index contributed by atoms with van der Waals surface area (Å²) in [6.45, 7) is 2.53. The van der Waals surface area contributed by atoms with Gasteiger partial charge in [0.25, 0.3) is 5.91 Å². The van der Waals surface area contributed by atoms with Gasteiger partial charge in [-0.2, -0.15) is 0 Å². The molecule has 1 fully saturated rings. The number of nitrogens with one attached hydrogen (secondary N) is 1. The van der Waals surface area contributed by atoms with E-state index in [-0.39, 0.29) is 34.7 Å². The number of H-pyrrole nitrogens is 1. The van der Waals surface area contributed by atoms with Crippen LogP contribution in [-0.2, 0) is 0 Å². The van der Waals surface area contributed by atoms with Gasteiger partial charge in [0.15, 0.2) is 22.2 Å². The number of halogens is 2. The number of aromatic amines is 1. The number of β-amino-alcohol motifs (C(OH)–C–C–N with tert-alkyl or cyclic N) is 1. The number of aromatic nitrogens is 5. The number of fused-ring (bicyclic) bond motifs is 1. The van der Waals surface area contributed by atoms with E-state index >= 15 is 0 Å². The number of likely N-dealkylation sites (tertiary alicyclic amines) is 1. The van der Waals surface area contributed by atoms with Crippen LogP contribution < -0.4 is 0 Å². The number of pyridine rings is 1. The van der Waals surface area contributed by atoms with Crippen molar-refractivity contribution >= 4 is 28.3 Å². The van der Waals surface area contributed by atoms with Gasteiger partial charge in [0.1, 0.15) is 5.52 Å². The lowest BCUT2D eigenvalue weighted by molar-refractivity contribution is 0.0764. The molecule has 1 aromatic carbocycles. The molecule has 3 aromatic heterocycles. The Balaban J connectivity index is 1.52. The zero-order chi connectivity index (χ0) is 21.7. The fraction of sp³-hybridized carbons (Fsp3) is 0.250. The van der Waals surface area contributed by atoms with Gasteiger partial charge in [-0.05, 0) is 31.5 Å². The topological polar surface area (TPSA) is 108 Å². The Hall–Kier alpha value is -3.31. The molecular formula is C20H16F2N6O2S. The molecule has 31 heavy (non-hydrogen) atoms. The van der Waals surface area contributed by atoms with Crippen molar-refractivity contribution in [1.82, 2.24) is 30.3 Å². The first kappa shape index (κ1) is 19.6. The third kappa shape index (κ3) is 3.35.